The van der Waals surface area contributed by atoms with Gasteiger partial charge in [-0.05, 0) is 24.1 Å². The molecule has 0 bridgehead atoms. The maximum absolute atomic E-state index is 12.8. The number of nitrogens with one attached hydrogen (secondary N) is 2. The number of nitrogens with zero attached hydrogens (tertiary/aromatic N) is 1. The zero-order valence-corrected chi connectivity index (χ0v) is 13.6. The summed E-state index contributed by atoms with van der Waals surface area (Å²) in [5.74, 6) is -1.69. The minimum atomic E-state index is -0.807. The smallest absolute Gasteiger partial charge is 0.251 e. The highest BCUT2D eigenvalue weighted by Crippen LogP contribution is 2.20. The van der Waals surface area contributed by atoms with E-state index in [1.54, 1.807) is 4.90 Å². The molecule has 3 rings (SSSR count). The van der Waals surface area contributed by atoms with Crippen LogP contribution in [0.1, 0.15) is 18.4 Å². The van der Waals surface area contributed by atoms with Gasteiger partial charge in [0, 0.05) is 12.1 Å². The van der Waals surface area contributed by atoms with E-state index >= 15 is 0 Å². The summed E-state index contributed by atoms with van der Waals surface area (Å²) in [4.78, 5) is 37.7. The monoisotopic (exact) mass is 337 g/mol. The summed E-state index contributed by atoms with van der Waals surface area (Å²) in [5.41, 5.74) is 6.36. The summed E-state index contributed by atoms with van der Waals surface area (Å²) >= 11 is 0. The highest BCUT2D eigenvalue weighted by molar-refractivity contribution is 6.05. The Morgan fingerprint density at radius 3 is 2.04 bits per heavy atom. The van der Waals surface area contributed by atoms with Crippen LogP contribution in [0, 0.1) is 5.92 Å². The fourth-order valence-corrected chi connectivity index (χ4v) is 2.78. The Morgan fingerprint density at radius 1 is 0.880 bits per heavy atom. The van der Waals surface area contributed by atoms with Gasteiger partial charge in [-0.25, -0.2) is 0 Å². The molecule has 6 heteroatoms. The SMILES string of the molecule is O=C1NNC(=O)C1CCC(=O)N(Cc1ccccc1)c1ccccc1. The maximum Gasteiger partial charge on any atom is 0.251 e. The molecule has 1 saturated heterocycles. The van der Waals surface area contributed by atoms with E-state index in [1.165, 1.54) is 0 Å². The van der Waals surface area contributed by atoms with Crippen LogP contribution >= 0.6 is 0 Å². The van der Waals surface area contributed by atoms with Crippen molar-refractivity contribution in [3.63, 3.8) is 0 Å². The summed E-state index contributed by atoms with van der Waals surface area (Å²) < 4.78 is 0. The van der Waals surface area contributed by atoms with Crippen LogP contribution < -0.4 is 15.8 Å². The molecule has 0 unspecified atom stereocenters. The molecule has 3 amide bonds. The molecule has 2 aromatic carbocycles. The normalized spacial score (nSPS) is 14.1. The number of hydrogen-bond acceptors (Lipinski definition) is 3. The summed E-state index contributed by atoms with van der Waals surface area (Å²) in [6.45, 7) is 0.437. The lowest BCUT2D eigenvalue weighted by Gasteiger charge is -2.23. The minimum absolute atomic E-state index is 0.118. The minimum Gasteiger partial charge on any atom is -0.308 e. The number of amides is 3. The fourth-order valence-electron chi connectivity index (χ4n) is 2.78. The molecule has 25 heavy (non-hydrogen) atoms. The first kappa shape index (κ1) is 16.7. The van der Waals surface area contributed by atoms with Gasteiger partial charge in [0.1, 0.15) is 5.92 Å². The molecule has 6 nitrogen and oxygen atoms in total. The van der Waals surface area contributed by atoms with Crippen LogP contribution in [0.2, 0.25) is 0 Å². The van der Waals surface area contributed by atoms with Gasteiger partial charge in [0.25, 0.3) is 11.8 Å². The highest BCUT2D eigenvalue weighted by atomic mass is 16.2. The lowest BCUT2D eigenvalue weighted by atomic mass is 10.0. The number of hydrazine groups is 1. The number of carbonyl (C=O) groups excluding carboxylic acids is 3. The highest BCUT2D eigenvalue weighted by Gasteiger charge is 2.33. The number of anilines is 1. The first-order valence-corrected chi connectivity index (χ1v) is 8.14. The predicted octanol–water partition coefficient (Wildman–Crippen LogP) is 1.78. The molecule has 2 N–H and O–H groups in total. The van der Waals surface area contributed by atoms with Crippen LogP contribution in [-0.2, 0) is 20.9 Å². The molecule has 0 aromatic heterocycles. The third kappa shape index (κ3) is 4.03. The van der Waals surface area contributed by atoms with Gasteiger partial charge in [0.15, 0.2) is 0 Å². The third-order valence-electron chi connectivity index (χ3n) is 4.14. The first-order valence-electron chi connectivity index (χ1n) is 8.14. The molecule has 128 valence electrons. The van der Waals surface area contributed by atoms with Crippen LogP contribution in [0.25, 0.3) is 0 Å². The van der Waals surface area contributed by atoms with E-state index in [0.717, 1.165) is 11.3 Å². The molecule has 1 fully saturated rings. The van der Waals surface area contributed by atoms with Gasteiger partial charge in [0.05, 0.1) is 6.54 Å². The number of hydrogen-bond donors (Lipinski definition) is 2. The van der Waals surface area contributed by atoms with Gasteiger partial charge in [-0.15, -0.1) is 0 Å². The second-order valence-electron chi connectivity index (χ2n) is 5.87. The standard InChI is InChI=1S/C19H19N3O3/c23-17(12-11-16-18(24)20-21-19(16)25)22(15-9-5-2-6-10-15)13-14-7-3-1-4-8-14/h1-10,16H,11-13H2,(H,20,24)(H,21,25). The van der Waals surface area contributed by atoms with Crippen LogP contribution in [-0.4, -0.2) is 17.7 Å². The van der Waals surface area contributed by atoms with Crippen molar-refractivity contribution in [2.24, 2.45) is 5.92 Å². The number of benzene rings is 2. The summed E-state index contributed by atoms with van der Waals surface area (Å²) in [7, 11) is 0. The first-order chi connectivity index (χ1) is 12.1. The van der Waals surface area contributed by atoms with Gasteiger partial charge in [-0.2, -0.15) is 0 Å². The van der Waals surface area contributed by atoms with Crippen molar-refractivity contribution in [2.75, 3.05) is 4.90 Å². The summed E-state index contributed by atoms with van der Waals surface area (Å²) in [6.07, 6.45) is 0.307. The second kappa shape index (κ2) is 7.61. The quantitative estimate of drug-likeness (QED) is 0.789. The van der Waals surface area contributed by atoms with Gasteiger partial charge < -0.3 is 4.90 Å². The van der Waals surface area contributed by atoms with Crippen molar-refractivity contribution in [3.05, 3.63) is 66.2 Å². The molecule has 0 saturated carbocycles. The third-order valence-corrected chi connectivity index (χ3v) is 4.14. The Bertz CT molecular complexity index is 746. The van der Waals surface area contributed by atoms with E-state index in [0.29, 0.717) is 6.54 Å². The van der Waals surface area contributed by atoms with Crippen molar-refractivity contribution in [1.29, 1.82) is 0 Å². The molecule has 2 aromatic rings. The van der Waals surface area contributed by atoms with E-state index in [2.05, 4.69) is 10.9 Å². The van der Waals surface area contributed by atoms with Crippen molar-refractivity contribution < 1.29 is 14.4 Å². The Morgan fingerprint density at radius 2 is 1.44 bits per heavy atom. The maximum atomic E-state index is 12.8. The molecule has 1 heterocycles. The average molecular weight is 337 g/mol. The van der Waals surface area contributed by atoms with Gasteiger partial charge in [0.2, 0.25) is 5.91 Å². The lowest BCUT2D eigenvalue weighted by molar-refractivity contribution is -0.128. The van der Waals surface area contributed by atoms with Gasteiger partial charge >= 0.3 is 0 Å². The van der Waals surface area contributed by atoms with E-state index < -0.39 is 5.92 Å². The average Bonchev–Trinajstić information content (AvgIpc) is 2.97. The molecule has 1 aliphatic heterocycles. The molecule has 0 aliphatic carbocycles. The summed E-state index contributed by atoms with van der Waals surface area (Å²) in [5, 5.41) is 0. The van der Waals surface area contributed by atoms with Crippen molar-refractivity contribution >= 4 is 23.4 Å². The molecule has 0 spiro atoms. The fraction of sp³-hybridized carbons (Fsp3) is 0.211. The van der Waals surface area contributed by atoms with Crippen LogP contribution in [0.15, 0.2) is 60.7 Å². The van der Waals surface area contributed by atoms with E-state index in [4.69, 9.17) is 0 Å². The number of para-hydroxylation sites is 1. The van der Waals surface area contributed by atoms with Gasteiger partial charge in [-0.1, -0.05) is 48.5 Å². The van der Waals surface area contributed by atoms with Crippen LogP contribution in [0.4, 0.5) is 5.69 Å². The van der Waals surface area contributed by atoms with Crippen molar-refractivity contribution in [1.82, 2.24) is 10.9 Å². The summed E-state index contributed by atoms with van der Waals surface area (Å²) in [6, 6.07) is 19.1. The lowest BCUT2D eigenvalue weighted by Crippen LogP contribution is -2.31. The molecule has 0 atom stereocenters. The van der Waals surface area contributed by atoms with Gasteiger partial charge in [-0.3, -0.25) is 25.2 Å². The molecular weight excluding hydrogens is 318 g/mol. The molecule has 1 aliphatic rings. The largest absolute Gasteiger partial charge is 0.308 e. The van der Waals surface area contributed by atoms with Crippen LogP contribution in [0.5, 0.6) is 0 Å². The predicted molar refractivity (Wildman–Crippen MR) is 93.1 cm³/mol. The zero-order valence-electron chi connectivity index (χ0n) is 13.6. The number of carbonyl (C=O) groups is 3. The Balaban J connectivity index is 1.73. The Labute approximate surface area is 145 Å². The molecular formula is C19H19N3O3. The topological polar surface area (TPSA) is 78.5 Å². The van der Waals surface area contributed by atoms with Crippen LogP contribution in [0.3, 0.4) is 0 Å². The number of rotatable bonds is 6. The van der Waals surface area contributed by atoms with Crippen molar-refractivity contribution in [2.45, 2.75) is 19.4 Å². The second-order valence-corrected chi connectivity index (χ2v) is 5.87. The van der Waals surface area contributed by atoms with E-state index in [-0.39, 0.29) is 30.6 Å². The zero-order chi connectivity index (χ0) is 17.6. The van der Waals surface area contributed by atoms with E-state index in [1.807, 2.05) is 60.7 Å². The molecule has 0 radical (unpaired) electrons. The Hall–Kier alpha value is -3.15. The van der Waals surface area contributed by atoms with Crippen molar-refractivity contribution in [3.8, 4) is 0 Å². The Kier molecular flexibility index (Phi) is 5.09. The van der Waals surface area contributed by atoms with E-state index in [9.17, 15) is 14.4 Å².